The number of nitrogens with one attached hydrogen (secondary N) is 1. The van der Waals surface area contributed by atoms with Crippen molar-refractivity contribution in [2.45, 2.75) is 12.7 Å². The minimum absolute atomic E-state index is 0.0628. The van der Waals surface area contributed by atoms with E-state index in [-0.39, 0.29) is 5.91 Å². The molecule has 25 heavy (non-hydrogen) atoms. The van der Waals surface area contributed by atoms with E-state index in [1.165, 1.54) is 11.3 Å². The highest BCUT2D eigenvalue weighted by molar-refractivity contribution is 7.99. The van der Waals surface area contributed by atoms with Gasteiger partial charge in [-0.1, -0.05) is 35.1 Å². The van der Waals surface area contributed by atoms with Crippen LogP contribution >= 0.6 is 34.7 Å². The highest BCUT2D eigenvalue weighted by atomic mass is 35.5. The number of carbonyl (C=O) groups excluding carboxylic acids is 1. The summed E-state index contributed by atoms with van der Waals surface area (Å²) in [6.07, 6.45) is 3.64. The molecule has 0 bridgehead atoms. The van der Waals surface area contributed by atoms with Gasteiger partial charge in [-0.25, -0.2) is 9.97 Å². The largest absolute Gasteiger partial charge is 0.333 e. The zero-order valence-corrected chi connectivity index (χ0v) is 16.2. The summed E-state index contributed by atoms with van der Waals surface area (Å²) in [5.74, 6) is 1.89. The van der Waals surface area contributed by atoms with Gasteiger partial charge in [-0.05, 0) is 24.6 Å². The van der Waals surface area contributed by atoms with Crippen molar-refractivity contribution in [3.63, 3.8) is 0 Å². The molecule has 8 heteroatoms. The van der Waals surface area contributed by atoms with Crippen LogP contribution in [0, 0.1) is 6.92 Å². The lowest BCUT2D eigenvalue weighted by Gasteiger charge is -2.03. The van der Waals surface area contributed by atoms with Crippen LogP contribution in [-0.2, 0) is 17.6 Å². The standard InChI is InChI=1S/C17H17ClN4OS2/c1-11-15(16-19-6-7-22(16)2)25-17(20-11)21-14(23)10-24-9-12-4-3-5-13(18)8-12/h3-8H,9-10H2,1-2H3,(H,20,21,23). The molecule has 0 saturated carbocycles. The monoisotopic (exact) mass is 392 g/mol. The maximum atomic E-state index is 12.1. The van der Waals surface area contributed by atoms with Crippen LogP contribution in [0.25, 0.3) is 10.7 Å². The van der Waals surface area contributed by atoms with Crippen LogP contribution in [0.3, 0.4) is 0 Å². The summed E-state index contributed by atoms with van der Waals surface area (Å²) in [6.45, 7) is 1.92. The van der Waals surface area contributed by atoms with Gasteiger partial charge in [0, 0.05) is 30.2 Å². The Hall–Kier alpha value is -1.83. The molecule has 0 saturated heterocycles. The molecule has 0 fully saturated rings. The number of halogens is 1. The first-order valence-electron chi connectivity index (χ1n) is 7.60. The van der Waals surface area contributed by atoms with Gasteiger partial charge in [-0.2, -0.15) is 0 Å². The summed E-state index contributed by atoms with van der Waals surface area (Å²) >= 11 is 8.94. The van der Waals surface area contributed by atoms with Crippen molar-refractivity contribution in [3.05, 3.63) is 52.9 Å². The minimum atomic E-state index is -0.0628. The second kappa shape index (κ2) is 8.03. The quantitative estimate of drug-likeness (QED) is 0.676. The average molecular weight is 393 g/mol. The normalized spacial score (nSPS) is 10.8. The fourth-order valence-electron chi connectivity index (χ4n) is 2.29. The number of thioether (sulfide) groups is 1. The van der Waals surface area contributed by atoms with E-state index in [0.29, 0.717) is 15.9 Å². The van der Waals surface area contributed by atoms with Gasteiger partial charge < -0.3 is 9.88 Å². The molecule has 0 aliphatic heterocycles. The van der Waals surface area contributed by atoms with E-state index >= 15 is 0 Å². The van der Waals surface area contributed by atoms with Crippen LogP contribution in [0.2, 0.25) is 5.02 Å². The number of amides is 1. The van der Waals surface area contributed by atoms with Gasteiger partial charge in [-0.3, -0.25) is 4.79 Å². The summed E-state index contributed by atoms with van der Waals surface area (Å²) in [5, 5.41) is 4.18. The Balaban J connectivity index is 1.56. The van der Waals surface area contributed by atoms with Crippen molar-refractivity contribution in [1.29, 1.82) is 0 Å². The molecule has 130 valence electrons. The van der Waals surface area contributed by atoms with Crippen LogP contribution in [0.15, 0.2) is 36.7 Å². The highest BCUT2D eigenvalue weighted by Crippen LogP contribution is 2.31. The predicted molar refractivity (Wildman–Crippen MR) is 105 cm³/mol. The average Bonchev–Trinajstić information content (AvgIpc) is 3.12. The molecule has 2 aromatic heterocycles. The van der Waals surface area contributed by atoms with Crippen molar-refractivity contribution in [2.24, 2.45) is 7.05 Å². The third-order valence-electron chi connectivity index (χ3n) is 3.46. The lowest BCUT2D eigenvalue weighted by Crippen LogP contribution is -2.13. The molecule has 3 rings (SSSR count). The molecule has 0 unspecified atom stereocenters. The SMILES string of the molecule is Cc1nc(NC(=O)CSCc2cccc(Cl)c2)sc1-c1nccn1C. The summed E-state index contributed by atoms with van der Waals surface area (Å²) < 4.78 is 1.94. The first-order valence-corrected chi connectivity index (χ1v) is 9.95. The first kappa shape index (κ1) is 18.0. The number of nitrogens with zero attached hydrogens (tertiary/aromatic N) is 3. The Morgan fingerprint density at radius 3 is 3.00 bits per heavy atom. The van der Waals surface area contributed by atoms with Gasteiger partial charge >= 0.3 is 0 Å². The third kappa shape index (κ3) is 4.62. The summed E-state index contributed by atoms with van der Waals surface area (Å²) in [7, 11) is 1.94. The number of benzene rings is 1. The van der Waals surface area contributed by atoms with E-state index in [4.69, 9.17) is 11.6 Å². The number of aromatic nitrogens is 3. The fourth-order valence-corrected chi connectivity index (χ4v) is 4.30. The third-order valence-corrected chi connectivity index (χ3v) is 5.77. The second-order valence-corrected chi connectivity index (χ2v) is 7.89. The van der Waals surface area contributed by atoms with Crippen LogP contribution < -0.4 is 5.32 Å². The molecule has 0 spiro atoms. The Bertz CT molecular complexity index is 890. The first-order chi connectivity index (χ1) is 12.0. The molecule has 0 atom stereocenters. The molecule has 3 aromatic rings. The Morgan fingerprint density at radius 1 is 1.44 bits per heavy atom. The maximum Gasteiger partial charge on any atom is 0.236 e. The van der Waals surface area contributed by atoms with Crippen molar-refractivity contribution >= 4 is 45.7 Å². The molecular formula is C17H17ClN4OS2. The molecule has 0 aliphatic carbocycles. The van der Waals surface area contributed by atoms with E-state index in [1.807, 2.05) is 49.0 Å². The highest BCUT2D eigenvalue weighted by Gasteiger charge is 2.15. The molecule has 2 heterocycles. The zero-order chi connectivity index (χ0) is 17.8. The fraction of sp³-hybridized carbons (Fsp3) is 0.235. The molecule has 1 amide bonds. The zero-order valence-electron chi connectivity index (χ0n) is 13.8. The lowest BCUT2D eigenvalue weighted by molar-refractivity contribution is -0.113. The molecule has 0 aliphatic rings. The summed E-state index contributed by atoms with van der Waals surface area (Å²) in [6, 6.07) is 7.66. The predicted octanol–water partition coefficient (Wildman–Crippen LogP) is 4.38. The van der Waals surface area contributed by atoms with E-state index in [1.54, 1.807) is 18.0 Å². The van der Waals surface area contributed by atoms with Crippen molar-refractivity contribution in [2.75, 3.05) is 11.1 Å². The van der Waals surface area contributed by atoms with Crippen LogP contribution in [0.1, 0.15) is 11.3 Å². The van der Waals surface area contributed by atoms with Gasteiger partial charge in [0.25, 0.3) is 0 Å². The molecular weight excluding hydrogens is 376 g/mol. The van der Waals surface area contributed by atoms with Crippen molar-refractivity contribution in [1.82, 2.24) is 14.5 Å². The molecule has 1 aromatic carbocycles. The van der Waals surface area contributed by atoms with Crippen LogP contribution in [0.5, 0.6) is 0 Å². The number of thiazole rings is 1. The Labute approximate surface area is 159 Å². The van der Waals surface area contributed by atoms with Crippen molar-refractivity contribution < 1.29 is 4.79 Å². The van der Waals surface area contributed by atoms with E-state index in [9.17, 15) is 4.79 Å². The topological polar surface area (TPSA) is 59.8 Å². The van der Waals surface area contributed by atoms with Crippen molar-refractivity contribution in [3.8, 4) is 10.7 Å². The Kier molecular flexibility index (Phi) is 5.78. The number of aryl methyl sites for hydroxylation is 2. The van der Waals surface area contributed by atoms with Gasteiger partial charge in [0.1, 0.15) is 0 Å². The number of carbonyl (C=O) groups is 1. The lowest BCUT2D eigenvalue weighted by atomic mass is 10.2. The van der Waals surface area contributed by atoms with E-state index in [2.05, 4.69) is 15.3 Å². The number of anilines is 1. The molecule has 5 nitrogen and oxygen atoms in total. The van der Waals surface area contributed by atoms with Crippen LogP contribution in [0.4, 0.5) is 5.13 Å². The minimum Gasteiger partial charge on any atom is -0.333 e. The van der Waals surface area contributed by atoms with Gasteiger partial charge in [0.15, 0.2) is 11.0 Å². The van der Waals surface area contributed by atoms with E-state index in [0.717, 1.165) is 27.7 Å². The number of rotatable bonds is 6. The van der Waals surface area contributed by atoms with Crippen LogP contribution in [-0.4, -0.2) is 26.2 Å². The molecule has 0 radical (unpaired) electrons. The Morgan fingerprint density at radius 2 is 2.28 bits per heavy atom. The second-order valence-electron chi connectivity index (χ2n) is 5.47. The summed E-state index contributed by atoms with van der Waals surface area (Å²) in [5.41, 5.74) is 1.97. The maximum absolute atomic E-state index is 12.1. The van der Waals surface area contributed by atoms with E-state index < -0.39 is 0 Å². The summed E-state index contributed by atoms with van der Waals surface area (Å²) in [4.78, 5) is 21.9. The van der Waals surface area contributed by atoms with Gasteiger partial charge in [0.05, 0.1) is 16.3 Å². The number of hydrogen-bond donors (Lipinski definition) is 1. The van der Waals surface area contributed by atoms with Gasteiger partial charge in [-0.15, -0.1) is 11.8 Å². The van der Waals surface area contributed by atoms with Gasteiger partial charge in [0.2, 0.25) is 5.91 Å². The molecule has 1 N–H and O–H groups in total. The smallest absolute Gasteiger partial charge is 0.236 e. The number of imidazole rings is 1. The number of hydrogen-bond acceptors (Lipinski definition) is 5.